The molecule has 1 aromatic rings. The number of hydrogen-bond donors (Lipinski definition) is 0. The van der Waals surface area contributed by atoms with Gasteiger partial charge in [0.2, 0.25) is 0 Å². The quantitative estimate of drug-likeness (QED) is 0.590. The van der Waals surface area contributed by atoms with Gasteiger partial charge < -0.3 is 9.47 Å². The van der Waals surface area contributed by atoms with Gasteiger partial charge in [-0.1, -0.05) is 18.2 Å². The number of hydrogen-bond acceptors (Lipinski definition) is 3. The van der Waals surface area contributed by atoms with Gasteiger partial charge in [-0.25, -0.2) is 0 Å². The molecule has 0 N–H and O–H groups in total. The van der Waals surface area contributed by atoms with Crippen molar-refractivity contribution in [1.82, 2.24) is 0 Å². The van der Waals surface area contributed by atoms with E-state index in [0.29, 0.717) is 0 Å². The van der Waals surface area contributed by atoms with Crippen molar-refractivity contribution in [2.45, 2.75) is 11.8 Å². The first-order valence-corrected chi connectivity index (χ1v) is 5.54. The zero-order valence-electron chi connectivity index (χ0n) is 10.1. The van der Waals surface area contributed by atoms with E-state index in [4.69, 9.17) is 9.47 Å². The van der Waals surface area contributed by atoms with Crippen LogP contribution in [-0.4, -0.2) is 20.2 Å². The van der Waals surface area contributed by atoms with E-state index < -0.39 is 5.41 Å². The average molecular weight is 232 g/mol. The van der Waals surface area contributed by atoms with Crippen LogP contribution in [0, 0.1) is 5.92 Å². The van der Waals surface area contributed by atoms with Gasteiger partial charge in [0.05, 0.1) is 19.6 Å². The van der Waals surface area contributed by atoms with E-state index in [1.807, 2.05) is 30.3 Å². The summed E-state index contributed by atoms with van der Waals surface area (Å²) in [4.78, 5) is 11.9. The van der Waals surface area contributed by atoms with E-state index in [0.717, 1.165) is 17.7 Å². The number of ether oxygens (including phenoxy) is 2. The van der Waals surface area contributed by atoms with Crippen LogP contribution in [0.1, 0.15) is 12.0 Å². The third-order valence-electron chi connectivity index (χ3n) is 3.45. The van der Waals surface area contributed by atoms with Gasteiger partial charge in [-0.3, -0.25) is 4.79 Å². The Bertz CT molecular complexity index is 435. The smallest absolute Gasteiger partial charge is 0.316 e. The van der Waals surface area contributed by atoms with Crippen LogP contribution in [-0.2, 0) is 14.9 Å². The van der Waals surface area contributed by atoms with E-state index in [9.17, 15) is 4.79 Å². The molecule has 0 bridgehead atoms. The zero-order chi connectivity index (χ0) is 12.5. The van der Waals surface area contributed by atoms with Crippen LogP contribution in [0.2, 0.25) is 0 Å². The molecule has 0 radical (unpaired) electrons. The molecule has 0 amide bonds. The summed E-state index contributed by atoms with van der Waals surface area (Å²) >= 11 is 0. The van der Waals surface area contributed by atoms with Crippen molar-refractivity contribution < 1.29 is 14.3 Å². The Morgan fingerprint density at radius 2 is 2.06 bits per heavy atom. The lowest BCUT2D eigenvalue weighted by Crippen LogP contribution is -2.24. The van der Waals surface area contributed by atoms with Gasteiger partial charge in [-0.2, -0.15) is 0 Å². The van der Waals surface area contributed by atoms with Crippen LogP contribution in [0.15, 0.2) is 36.9 Å². The number of esters is 1. The summed E-state index contributed by atoms with van der Waals surface area (Å²) in [5.74, 6) is 0.764. The van der Waals surface area contributed by atoms with Gasteiger partial charge in [-0.05, 0) is 30.0 Å². The molecule has 2 rings (SSSR count). The SMILES string of the molecule is C=C[C@H]1C[C@]1(C(=O)OC)c1ccc(OC)cc1. The summed E-state index contributed by atoms with van der Waals surface area (Å²) in [5, 5.41) is 0. The highest BCUT2D eigenvalue weighted by molar-refractivity contribution is 5.88. The van der Waals surface area contributed by atoms with Crippen molar-refractivity contribution in [2.24, 2.45) is 5.92 Å². The summed E-state index contributed by atoms with van der Waals surface area (Å²) in [6, 6.07) is 7.55. The van der Waals surface area contributed by atoms with Crippen LogP contribution in [0.5, 0.6) is 5.75 Å². The number of allylic oxidation sites excluding steroid dienone is 1. The second-order valence-electron chi connectivity index (χ2n) is 4.24. The third-order valence-corrected chi connectivity index (χ3v) is 3.45. The van der Waals surface area contributed by atoms with Crippen LogP contribution < -0.4 is 4.74 Å². The van der Waals surface area contributed by atoms with Gasteiger partial charge in [0.25, 0.3) is 0 Å². The molecular weight excluding hydrogens is 216 g/mol. The van der Waals surface area contributed by atoms with Gasteiger partial charge in [0.1, 0.15) is 5.75 Å². The van der Waals surface area contributed by atoms with Gasteiger partial charge in [0, 0.05) is 0 Å². The predicted molar refractivity (Wildman–Crippen MR) is 65.0 cm³/mol. The van der Waals surface area contributed by atoms with Crippen molar-refractivity contribution in [3.8, 4) is 5.75 Å². The third kappa shape index (κ3) is 1.71. The Morgan fingerprint density at radius 1 is 1.41 bits per heavy atom. The fraction of sp³-hybridized carbons (Fsp3) is 0.357. The fourth-order valence-electron chi connectivity index (χ4n) is 2.33. The Labute approximate surface area is 101 Å². The normalized spacial score (nSPS) is 26.1. The molecule has 1 fully saturated rings. The van der Waals surface area contributed by atoms with E-state index >= 15 is 0 Å². The number of benzene rings is 1. The van der Waals surface area contributed by atoms with Crippen LogP contribution in [0.3, 0.4) is 0 Å². The molecule has 2 atom stereocenters. The summed E-state index contributed by atoms with van der Waals surface area (Å²) in [5.41, 5.74) is 0.443. The van der Waals surface area contributed by atoms with Crippen LogP contribution in [0.25, 0.3) is 0 Å². The van der Waals surface area contributed by atoms with Gasteiger partial charge in [-0.15, -0.1) is 6.58 Å². The minimum atomic E-state index is -0.525. The molecule has 17 heavy (non-hydrogen) atoms. The minimum absolute atomic E-state index is 0.170. The molecule has 1 aliphatic carbocycles. The highest BCUT2D eigenvalue weighted by Crippen LogP contribution is 2.55. The highest BCUT2D eigenvalue weighted by Gasteiger charge is 2.60. The molecule has 1 aliphatic rings. The van der Waals surface area contributed by atoms with Crippen molar-refractivity contribution in [1.29, 1.82) is 0 Å². The lowest BCUT2D eigenvalue weighted by molar-refractivity contribution is -0.144. The first kappa shape index (κ1) is 11.7. The Kier molecular flexibility index (Phi) is 2.92. The summed E-state index contributed by atoms with van der Waals surface area (Å²) in [6.07, 6.45) is 2.59. The first-order chi connectivity index (χ1) is 8.18. The molecule has 0 unspecified atom stereocenters. The van der Waals surface area contributed by atoms with Crippen molar-refractivity contribution in [2.75, 3.05) is 14.2 Å². The van der Waals surface area contributed by atoms with Crippen molar-refractivity contribution >= 4 is 5.97 Å². The van der Waals surface area contributed by atoms with Crippen molar-refractivity contribution in [3.63, 3.8) is 0 Å². The molecule has 0 aliphatic heterocycles. The molecular formula is C14H16O3. The van der Waals surface area contributed by atoms with E-state index in [-0.39, 0.29) is 11.9 Å². The summed E-state index contributed by atoms with van der Waals surface area (Å²) in [6.45, 7) is 3.76. The average Bonchev–Trinajstić information content (AvgIpc) is 3.13. The minimum Gasteiger partial charge on any atom is -0.497 e. The van der Waals surface area contributed by atoms with E-state index in [1.54, 1.807) is 7.11 Å². The molecule has 3 nitrogen and oxygen atoms in total. The zero-order valence-corrected chi connectivity index (χ0v) is 10.1. The molecule has 3 heteroatoms. The summed E-state index contributed by atoms with van der Waals surface area (Å²) < 4.78 is 10.0. The van der Waals surface area contributed by atoms with E-state index in [2.05, 4.69) is 6.58 Å². The molecule has 1 saturated carbocycles. The monoisotopic (exact) mass is 232 g/mol. The largest absolute Gasteiger partial charge is 0.497 e. The van der Waals surface area contributed by atoms with Gasteiger partial charge in [0.15, 0.2) is 0 Å². The Morgan fingerprint density at radius 3 is 2.47 bits per heavy atom. The molecule has 0 aromatic heterocycles. The predicted octanol–water partition coefficient (Wildman–Crippen LogP) is 2.31. The maximum absolute atomic E-state index is 11.9. The summed E-state index contributed by atoms with van der Waals surface area (Å²) in [7, 11) is 3.04. The maximum atomic E-state index is 11.9. The molecule has 0 heterocycles. The Balaban J connectivity index is 2.34. The van der Waals surface area contributed by atoms with Crippen LogP contribution >= 0.6 is 0 Å². The second kappa shape index (κ2) is 4.24. The lowest BCUT2D eigenvalue weighted by Gasteiger charge is -2.14. The number of carbonyl (C=O) groups is 1. The van der Waals surface area contributed by atoms with Gasteiger partial charge >= 0.3 is 5.97 Å². The number of methoxy groups -OCH3 is 2. The van der Waals surface area contributed by atoms with Crippen molar-refractivity contribution in [3.05, 3.63) is 42.5 Å². The standard InChI is InChI=1S/C14H16O3/c1-4-10-9-14(10,13(15)17-3)11-5-7-12(16-2)8-6-11/h4-8,10H,1,9H2,2-3H3/t10-,14+/m0/s1. The fourth-order valence-corrected chi connectivity index (χ4v) is 2.33. The molecule has 1 aromatic carbocycles. The lowest BCUT2D eigenvalue weighted by atomic mass is 9.93. The number of carbonyl (C=O) groups excluding carboxylic acids is 1. The molecule has 90 valence electrons. The first-order valence-electron chi connectivity index (χ1n) is 5.54. The van der Waals surface area contributed by atoms with Crippen LogP contribution in [0.4, 0.5) is 0 Å². The number of rotatable bonds is 4. The highest BCUT2D eigenvalue weighted by atomic mass is 16.5. The molecule has 0 saturated heterocycles. The van der Waals surface area contributed by atoms with E-state index in [1.165, 1.54) is 7.11 Å². The topological polar surface area (TPSA) is 35.5 Å². The maximum Gasteiger partial charge on any atom is 0.316 e. The Hall–Kier alpha value is -1.77. The second-order valence-corrected chi connectivity index (χ2v) is 4.24. The molecule has 0 spiro atoms.